The molecule has 0 spiro atoms. The van der Waals surface area contributed by atoms with Crippen LogP contribution in [0, 0.1) is 0 Å². The van der Waals surface area contributed by atoms with Gasteiger partial charge in [0.25, 0.3) is 0 Å². The first-order valence-electron chi connectivity index (χ1n) is 6.84. The topological polar surface area (TPSA) is 23.5 Å². The molecule has 0 aromatic heterocycles. The summed E-state index contributed by atoms with van der Waals surface area (Å²) in [5, 5.41) is 10.1. The Kier molecular flexibility index (Phi) is 5.21. The lowest BCUT2D eigenvalue weighted by molar-refractivity contribution is 0.174. The van der Waals surface area contributed by atoms with E-state index in [-0.39, 0.29) is 0 Å². The van der Waals surface area contributed by atoms with E-state index in [1.807, 2.05) is 25.1 Å². The Morgan fingerprint density at radius 3 is 2.40 bits per heavy atom. The van der Waals surface area contributed by atoms with Gasteiger partial charge in [-0.25, -0.2) is 0 Å². The van der Waals surface area contributed by atoms with Gasteiger partial charge in [-0.1, -0.05) is 53.2 Å². The van der Waals surface area contributed by atoms with E-state index in [0.717, 1.165) is 28.7 Å². The second-order valence-corrected chi connectivity index (χ2v) is 5.88. The lowest BCUT2D eigenvalue weighted by Gasteiger charge is -2.24. The van der Waals surface area contributed by atoms with Crippen molar-refractivity contribution >= 4 is 21.6 Å². The van der Waals surface area contributed by atoms with Crippen LogP contribution >= 0.6 is 15.9 Å². The van der Waals surface area contributed by atoms with Gasteiger partial charge in [-0.2, -0.15) is 0 Å². The number of rotatable bonds is 5. The fourth-order valence-corrected chi connectivity index (χ4v) is 2.55. The quantitative estimate of drug-likeness (QED) is 0.868. The first-order valence-corrected chi connectivity index (χ1v) is 7.63. The molecule has 2 aromatic carbocycles. The highest BCUT2D eigenvalue weighted by molar-refractivity contribution is 9.10. The van der Waals surface area contributed by atoms with Crippen LogP contribution in [0.5, 0.6) is 0 Å². The Labute approximate surface area is 129 Å². The average molecular weight is 334 g/mol. The number of anilines is 1. The third-order valence-electron chi connectivity index (χ3n) is 3.43. The Morgan fingerprint density at radius 2 is 1.75 bits per heavy atom. The third-order valence-corrected chi connectivity index (χ3v) is 3.96. The summed E-state index contributed by atoms with van der Waals surface area (Å²) in [6, 6.07) is 16.4. The SMILES string of the molecule is CCC(O)c1ccccc1N(C)Cc1ccc(Br)cc1. The molecule has 0 aliphatic carbocycles. The predicted octanol–water partition coefficient (Wildman–Crippen LogP) is 4.53. The molecule has 3 heteroatoms. The Hall–Kier alpha value is -1.32. The molecule has 2 rings (SSSR count). The van der Waals surface area contributed by atoms with Crippen molar-refractivity contribution in [1.29, 1.82) is 0 Å². The first kappa shape index (κ1) is 15.1. The molecule has 0 bridgehead atoms. The molecule has 1 N–H and O–H groups in total. The van der Waals surface area contributed by atoms with Gasteiger partial charge in [0.15, 0.2) is 0 Å². The van der Waals surface area contributed by atoms with E-state index >= 15 is 0 Å². The number of hydrogen-bond donors (Lipinski definition) is 1. The molecule has 0 heterocycles. The monoisotopic (exact) mass is 333 g/mol. The van der Waals surface area contributed by atoms with E-state index in [9.17, 15) is 5.11 Å². The zero-order valence-electron chi connectivity index (χ0n) is 11.9. The maximum Gasteiger partial charge on any atom is 0.0807 e. The van der Waals surface area contributed by atoms with Crippen molar-refractivity contribution in [2.24, 2.45) is 0 Å². The smallest absolute Gasteiger partial charge is 0.0807 e. The molecule has 20 heavy (non-hydrogen) atoms. The van der Waals surface area contributed by atoms with E-state index in [4.69, 9.17) is 0 Å². The highest BCUT2D eigenvalue weighted by Gasteiger charge is 2.13. The number of nitrogens with zero attached hydrogens (tertiary/aromatic N) is 1. The number of halogens is 1. The van der Waals surface area contributed by atoms with Crippen molar-refractivity contribution < 1.29 is 5.11 Å². The fourth-order valence-electron chi connectivity index (χ4n) is 2.29. The molecule has 0 fully saturated rings. The van der Waals surface area contributed by atoms with Crippen LogP contribution in [0.4, 0.5) is 5.69 Å². The molecule has 2 nitrogen and oxygen atoms in total. The average Bonchev–Trinajstić information content (AvgIpc) is 2.48. The summed E-state index contributed by atoms with van der Waals surface area (Å²) < 4.78 is 1.09. The standard InChI is InChI=1S/C17H20BrNO/c1-3-17(20)15-6-4-5-7-16(15)19(2)12-13-8-10-14(18)11-9-13/h4-11,17,20H,3,12H2,1-2H3. The van der Waals surface area contributed by atoms with E-state index in [2.05, 4.69) is 58.2 Å². The van der Waals surface area contributed by atoms with Crippen LogP contribution in [0.1, 0.15) is 30.6 Å². The Balaban J connectivity index is 2.20. The molecule has 2 aromatic rings. The molecule has 0 saturated carbocycles. The van der Waals surface area contributed by atoms with Crippen LogP contribution in [0.25, 0.3) is 0 Å². The van der Waals surface area contributed by atoms with E-state index in [1.165, 1.54) is 5.56 Å². The highest BCUT2D eigenvalue weighted by atomic mass is 79.9. The summed E-state index contributed by atoms with van der Waals surface area (Å²) in [7, 11) is 2.06. The Bertz CT molecular complexity index is 553. The lowest BCUT2D eigenvalue weighted by Crippen LogP contribution is -2.18. The van der Waals surface area contributed by atoms with Crippen LogP contribution in [-0.2, 0) is 6.54 Å². The van der Waals surface area contributed by atoms with Crippen molar-refractivity contribution in [2.75, 3.05) is 11.9 Å². The predicted molar refractivity (Wildman–Crippen MR) is 87.9 cm³/mol. The largest absolute Gasteiger partial charge is 0.388 e. The summed E-state index contributed by atoms with van der Waals surface area (Å²) in [6.45, 7) is 2.82. The summed E-state index contributed by atoms with van der Waals surface area (Å²) in [5.74, 6) is 0. The molecular weight excluding hydrogens is 314 g/mol. The van der Waals surface area contributed by atoms with E-state index in [0.29, 0.717) is 0 Å². The van der Waals surface area contributed by atoms with Crippen LogP contribution in [-0.4, -0.2) is 12.2 Å². The fraction of sp³-hybridized carbons (Fsp3) is 0.294. The lowest BCUT2D eigenvalue weighted by atomic mass is 10.0. The number of aliphatic hydroxyl groups is 1. The van der Waals surface area contributed by atoms with Crippen molar-refractivity contribution in [1.82, 2.24) is 0 Å². The minimum absolute atomic E-state index is 0.404. The molecule has 0 aliphatic rings. The van der Waals surface area contributed by atoms with Gasteiger partial charge in [0.2, 0.25) is 0 Å². The molecule has 0 amide bonds. The second kappa shape index (κ2) is 6.91. The third kappa shape index (κ3) is 3.62. The first-order chi connectivity index (χ1) is 9.61. The maximum absolute atomic E-state index is 10.1. The maximum atomic E-state index is 10.1. The Morgan fingerprint density at radius 1 is 1.10 bits per heavy atom. The van der Waals surface area contributed by atoms with Gasteiger partial charge in [-0.15, -0.1) is 0 Å². The van der Waals surface area contributed by atoms with Gasteiger partial charge < -0.3 is 10.0 Å². The van der Waals surface area contributed by atoms with Gasteiger partial charge in [-0.3, -0.25) is 0 Å². The summed E-state index contributed by atoms with van der Waals surface area (Å²) in [5.41, 5.74) is 3.33. The van der Waals surface area contributed by atoms with Crippen molar-refractivity contribution in [2.45, 2.75) is 26.0 Å². The van der Waals surface area contributed by atoms with Crippen LogP contribution in [0.3, 0.4) is 0 Å². The minimum Gasteiger partial charge on any atom is -0.388 e. The summed E-state index contributed by atoms with van der Waals surface area (Å²) >= 11 is 3.45. The van der Waals surface area contributed by atoms with Gasteiger partial charge in [0.1, 0.15) is 0 Å². The van der Waals surface area contributed by atoms with E-state index in [1.54, 1.807) is 0 Å². The molecular formula is C17H20BrNO. The van der Waals surface area contributed by atoms with Crippen LogP contribution < -0.4 is 4.90 Å². The van der Waals surface area contributed by atoms with Crippen LogP contribution in [0.15, 0.2) is 53.0 Å². The van der Waals surface area contributed by atoms with Crippen LogP contribution in [0.2, 0.25) is 0 Å². The number of benzene rings is 2. The molecule has 0 radical (unpaired) electrons. The molecule has 1 atom stereocenters. The van der Waals surface area contributed by atoms with E-state index < -0.39 is 6.10 Å². The van der Waals surface area contributed by atoms with Crippen molar-refractivity contribution in [3.05, 3.63) is 64.1 Å². The number of hydrogen-bond acceptors (Lipinski definition) is 2. The number of aliphatic hydroxyl groups excluding tert-OH is 1. The highest BCUT2D eigenvalue weighted by Crippen LogP contribution is 2.28. The molecule has 0 aliphatic heterocycles. The summed E-state index contributed by atoms with van der Waals surface area (Å²) in [4.78, 5) is 2.18. The molecule has 1 unspecified atom stereocenters. The molecule has 106 valence electrons. The summed E-state index contributed by atoms with van der Waals surface area (Å²) in [6.07, 6.45) is 0.321. The molecule has 0 saturated heterocycles. The zero-order chi connectivity index (χ0) is 14.5. The number of para-hydroxylation sites is 1. The van der Waals surface area contributed by atoms with Crippen molar-refractivity contribution in [3.8, 4) is 0 Å². The van der Waals surface area contributed by atoms with Gasteiger partial charge >= 0.3 is 0 Å². The van der Waals surface area contributed by atoms with Crippen molar-refractivity contribution in [3.63, 3.8) is 0 Å². The van der Waals surface area contributed by atoms with Gasteiger partial charge in [-0.05, 0) is 30.2 Å². The second-order valence-electron chi connectivity index (χ2n) is 4.97. The zero-order valence-corrected chi connectivity index (χ0v) is 13.5. The minimum atomic E-state index is -0.404. The van der Waals surface area contributed by atoms with Gasteiger partial charge in [0.05, 0.1) is 6.10 Å². The van der Waals surface area contributed by atoms with Gasteiger partial charge in [0, 0.05) is 29.3 Å². The normalized spacial score (nSPS) is 12.2.